The molecule has 1 saturated heterocycles. The van der Waals surface area contributed by atoms with Gasteiger partial charge in [0.15, 0.2) is 5.13 Å². The number of carbonyl (C=O) groups excluding carboxylic acids is 2. The van der Waals surface area contributed by atoms with Gasteiger partial charge >= 0.3 is 0 Å². The first-order chi connectivity index (χ1) is 15.9. The van der Waals surface area contributed by atoms with Crippen LogP contribution in [-0.2, 0) is 0 Å². The summed E-state index contributed by atoms with van der Waals surface area (Å²) < 4.78 is 14.0. The summed E-state index contributed by atoms with van der Waals surface area (Å²) in [6.45, 7) is 2.77. The van der Waals surface area contributed by atoms with Crippen LogP contribution in [0.4, 0.5) is 20.9 Å². The van der Waals surface area contributed by atoms with Gasteiger partial charge in [-0.3, -0.25) is 9.59 Å². The molecule has 0 spiro atoms. The number of amides is 2. The Labute approximate surface area is 199 Å². The van der Waals surface area contributed by atoms with Crippen molar-refractivity contribution < 1.29 is 14.0 Å². The molecule has 0 radical (unpaired) electrons. The Morgan fingerprint density at radius 2 is 2.03 bits per heavy atom. The van der Waals surface area contributed by atoms with Crippen LogP contribution in [0.1, 0.15) is 32.0 Å². The molecule has 2 atom stereocenters. The SMILES string of the molecule is Cc1cccc(Cl)c1NC(=O)c1cnc(Nc2cccc(C(=O)N[C@@H]3CCNC[C@H]3F)c2)s1. The van der Waals surface area contributed by atoms with Crippen LogP contribution < -0.4 is 21.3 Å². The number of nitrogens with zero attached hydrogens (tertiary/aromatic N) is 1. The number of rotatable bonds is 6. The van der Waals surface area contributed by atoms with E-state index in [9.17, 15) is 14.0 Å². The number of nitrogens with one attached hydrogen (secondary N) is 4. The van der Waals surface area contributed by atoms with Gasteiger partial charge in [0.05, 0.1) is 22.9 Å². The number of hydrogen-bond donors (Lipinski definition) is 4. The first kappa shape index (κ1) is 23.2. The van der Waals surface area contributed by atoms with Crippen LogP contribution >= 0.6 is 22.9 Å². The highest BCUT2D eigenvalue weighted by Crippen LogP contribution is 2.28. The molecule has 10 heteroatoms. The molecule has 4 rings (SSSR count). The van der Waals surface area contributed by atoms with Crippen LogP contribution in [0.3, 0.4) is 0 Å². The number of carbonyl (C=O) groups is 2. The van der Waals surface area contributed by atoms with Crippen LogP contribution in [0.15, 0.2) is 48.7 Å². The molecule has 33 heavy (non-hydrogen) atoms. The lowest BCUT2D eigenvalue weighted by atomic mass is 10.0. The first-order valence-corrected chi connectivity index (χ1v) is 11.6. The summed E-state index contributed by atoms with van der Waals surface area (Å²) in [4.78, 5) is 29.9. The van der Waals surface area contributed by atoms with E-state index in [1.54, 1.807) is 30.3 Å². The summed E-state index contributed by atoms with van der Waals surface area (Å²) in [7, 11) is 0. The normalized spacial score (nSPS) is 17.9. The Balaban J connectivity index is 1.41. The summed E-state index contributed by atoms with van der Waals surface area (Å²) in [6, 6.07) is 11.7. The number of hydrogen-bond acceptors (Lipinski definition) is 6. The molecular formula is C23H23ClFN5O2S. The van der Waals surface area contributed by atoms with E-state index >= 15 is 0 Å². The highest BCUT2D eigenvalue weighted by atomic mass is 35.5. The summed E-state index contributed by atoms with van der Waals surface area (Å²) in [5.41, 5.74) is 2.47. The smallest absolute Gasteiger partial charge is 0.267 e. The molecule has 1 aliphatic rings. The largest absolute Gasteiger partial charge is 0.346 e. The molecule has 0 saturated carbocycles. The van der Waals surface area contributed by atoms with Gasteiger partial charge in [-0.15, -0.1) is 0 Å². The van der Waals surface area contributed by atoms with Crippen molar-refractivity contribution in [1.82, 2.24) is 15.6 Å². The Hall–Kier alpha value is -3.01. The lowest BCUT2D eigenvalue weighted by Gasteiger charge is -2.27. The van der Waals surface area contributed by atoms with E-state index in [4.69, 9.17) is 11.6 Å². The molecule has 2 aromatic carbocycles. The zero-order valence-corrected chi connectivity index (χ0v) is 19.4. The van der Waals surface area contributed by atoms with E-state index in [0.29, 0.717) is 44.9 Å². The number of aromatic nitrogens is 1. The van der Waals surface area contributed by atoms with Crippen molar-refractivity contribution in [3.63, 3.8) is 0 Å². The predicted octanol–water partition coefficient (Wildman–Crippen LogP) is 4.53. The molecule has 1 fully saturated rings. The second-order valence-corrected chi connectivity index (χ2v) is 9.15. The summed E-state index contributed by atoms with van der Waals surface area (Å²) >= 11 is 7.36. The molecule has 1 aliphatic heterocycles. The minimum Gasteiger partial charge on any atom is -0.346 e. The number of benzene rings is 2. The Bertz CT molecular complexity index is 1150. The Morgan fingerprint density at radius 3 is 2.82 bits per heavy atom. The van der Waals surface area contributed by atoms with Crippen LogP contribution in [0.5, 0.6) is 0 Å². The predicted molar refractivity (Wildman–Crippen MR) is 130 cm³/mol. The van der Waals surface area contributed by atoms with Crippen LogP contribution in [0.2, 0.25) is 5.02 Å². The van der Waals surface area contributed by atoms with Gasteiger partial charge in [0.1, 0.15) is 11.0 Å². The fourth-order valence-corrected chi connectivity index (χ4v) is 4.50. The highest BCUT2D eigenvalue weighted by Gasteiger charge is 2.26. The van der Waals surface area contributed by atoms with Crippen molar-refractivity contribution in [3.05, 3.63) is 69.7 Å². The fourth-order valence-electron chi connectivity index (χ4n) is 3.50. The third-order valence-corrected chi connectivity index (χ3v) is 6.52. The van der Waals surface area contributed by atoms with Crippen molar-refractivity contribution in [2.45, 2.75) is 25.6 Å². The third-order valence-electron chi connectivity index (χ3n) is 5.29. The summed E-state index contributed by atoms with van der Waals surface area (Å²) in [6.07, 6.45) is 0.907. The number of halogens is 2. The maximum Gasteiger partial charge on any atom is 0.267 e. The van der Waals surface area contributed by atoms with Gasteiger partial charge in [-0.25, -0.2) is 9.37 Å². The Kier molecular flexibility index (Phi) is 7.22. The minimum atomic E-state index is -1.11. The van der Waals surface area contributed by atoms with Crippen molar-refractivity contribution in [2.75, 3.05) is 23.7 Å². The quantitative estimate of drug-likeness (QED) is 0.410. The minimum absolute atomic E-state index is 0.239. The second-order valence-electron chi connectivity index (χ2n) is 7.71. The molecule has 2 amide bonds. The summed E-state index contributed by atoms with van der Waals surface area (Å²) in [5, 5.41) is 12.6. The highest BCUT2D eigenvalue weighted by molar-refractivity contribution is 7.17. The molecule has 0 aliphatic carbocycles. The van der Waals surface area contributed by atoms with Gasteiger partial charge in [-0.1, -0.05) is 41.1 Å². The molecule has 2 heterocycles. The standard InChI is InChI=1S/C23H23ClFN5O2S/c1-13-4-2-7-16(24)20(13)30-22(32)19-12-27-23(33-19)28-15-6-3-5-14(10-15)21(31)29-18-8-9-26-11-17(18)25/h2-7,10,12,17-18,26H,8-9,11H2,1H3,(H,27,28)(H,29,31)(H,30,32)/t17-,18-/m1/s1. The van der Waals surface area contributed by atoms with Gasteiger partial charge in [-0.2, -0.15) is 0 Å². The van der Waals surface area contributed by atoms with E-state index in [-0.39, 0.29) is 18.4 Å². The molecule has 1 aromatic heterocycles. The monoisotopic (exact) mass is 487 g/mol. The fraction of sp³-hybridized carbons (Fsp3) is 0.261. The van der Waals surface area contributed by atoms with Crippen molar-refractivity contribution >= 4 is 51.3 Å². The number of thiazole rings is 1. The maximum absolute atomic E-state index is 14.0. The van der Waals surface area contributed by atoms with E-state index in [1.807, 2.05) is 19.1 Å². The molecular weight excluding hydrogens is 465 g/mol. The first-order valence-electron chi connectivity index (χ1n) is 10.5. The van der Waals surface area contributed by atoms with Crippen LogP contribution in [-0.4, -0.2) is 42.1 Å². The molecule has 3 aromatic rings. The number of piperidine rings is 1. The zero-order chi connectivity index (χ0) is 23.4. The van der Waals surface area contributed by atoms with Gasteiger partial charge in [0.2, 0.25) is 0 Å². The molecule has 0 bridgehead atoms. The van der Waals surface area contributed by atoms with E-state index in [0.717, 1.165) is 5.56 Å². The average Bonchev–Trinajstić information content (AvgIpc) is 3.26. The van der Waals surface area contributed by atoms with Crippen LogP contribution in [0.25, 0.3) is 0 Å². The van der Waals surface area contributed by atoms with Crippen molar-refractivity contribution in [1.29, 1.82) is 0 Å². The van der Waals surface area contributed by atoms with Gasteiger partial charge in [-0.05, 0) is 49.7 Å². The van der Waals surface area contributed by atoms with Gasteiger partial charge in [0.25, 0.3) is 11.8 Å². The number of anilines is 3. The molecule has 172 valence electrons. The summed E-state index contributed by atoms with van der Waals surface area (Å²) in [5.74, 6) is -0.643. The number of aryl methyl sites for hydroxylation is 1. The van der Waals surface area contributed by atoms with E-state index in [2.05, 4.69) is 26.3 Å². The number of alkyl halides is 1. The van der Waals surface area contributed by atoms with Crippen molar-refractivity contribution in [2.24, 2.45) is 0 Å². The van der Waals surface area contributed by atoms with Crippen LogP contribution in [0, 0.1) is 6.92 Å². The lowest BCUT2D eigenvalue weighted by molar-refractivity contribution is 0.0892. The van der Waals surface area contributed by atoms with E-state index in [1.165, 1.54) is 17.5 Å². The Morgan fingerprint density at radius 1 is 1.21 bits per heavy atom. The molecule has 4 N–H and O–H groups in total. The van der Waals surface area contributed by atoms with Gasteiger partial charge in [0, 0.05) is 17.8 Å². The number of para-hydroxylation sites is 1. The topological polar surface area (TPSA) is 95.2 Å². The maximum atomic E-state index is 14.0. The lowest BCUT2D eigenvalue weighted by Crippen LogP contribution is -2.50. The van der Waals surface area contributed by atoms with Gasteiger partial charge < -0.3 is 21.3 Å². The zero-order valence-electron chi connectivity index (χ0n) is 17.8. The second kappa shape index (κ2) is 10.3. The molecule has 0 unspecified atom stereocenters. The third kappa shape index (κ3) is 5.68. The molecule has 7 nitrogen and oxygen atoms in total. The van der Waals surface area contributed by atoms with Crippen molar-refractivity contribution in [3.8, 4) is 0 Å². The van der Waals surface area contributed by atoms with E-state index < -0.39 is 12.2 Å². The average molecular weight is 488 g/mol.